The van der Waals surface area contributed by atoms with Gasteiger partial charge < -0.3 is 0 Å². The third-order valence-corrected chi connectivity index (χ3v) is 10.3. The maximum absolute atomic E-state index is 14.9. The predicted octanol–water partition coefficient (Wildman–Crippen LogP) is 11.5. The molecule has 0 fully saturated rings. The summed E-state index contributed by atoms with van der Waals surface area (Å²) in [5.74, 6) is 1.68. The van der Waals surface area contributed by atoms with E-state index in [0.717, 1.165) is 72.2 Å². The van der Waals surface area contributed by atoms with Crippen molar-refractivity contribution in [2.75, 3.05) is 11.5 Å². The number of hydrogen-bond donors (Lipinski definition) is 0. The van der Waals surface area contributed by atoms with E-state index < -0.39 is 17.9 Å². The van der Waals surface area contributed by atoms with Crippen molar-refractivity contribution < 1.29 is 17.6 Å². The van der Waals surface area contributed by atoms with Crippen LogP contribution in [0.15, 0.2) is 130 Å². The average molecular weight is 690 g/mol. The maximum Gasteiger partial charge on any atom is 0.389 e. The summed E-state index contributed by atoms with van der Waals surface area (Å²) in [6.07, 6.45) is 3.74. The molecule has 48 heavy (non-hydrogen) atoms. The molecule has 0 atom stereocenters. The lowest BCUT2D eigenvalue weighted by Gasteiger charge is -2.22. The Kier molecular flexibility index (Phi) is 12.6. The Labute approximate surface area is 288 Å². The average Bonchev–Trinajstić information content (AvgIpc) is 3.09. The Balaban J connectivity index is 1.44. The molecule has 0 saturated carbocycles. The Bertz CT molecular complexity index is 1760. The minimum absolute atomic E-state index is 0.0338. The summed E-state index contributed by atoms with van der Waals surface area (Å²) in [7, 11) is 0. The van der Waals surface area contributed by atoms with E-state index in [2.05, 4.69) is 30.3 Å². The van der Waals surface area contributed by atoms with Crippen molar-refractivity contribution in [3.8, 4) is 22.3 Å². The van der Waals surface area contributed by atoms with Crippen LogP contribution < -0.4 is 5.43 Å². The van der Waals surface area contributed by atoms with Crippen LogP contribution in [-0.4, -0.2) is 22.5 Å². The lowest BCUT2D eigenvalue weighted by Crippen LogP contribution is -2.32. The van der Waals surface area contributed by atoms with Crippen LogP contribution in [0.25, 0.3) is 22.3 Å². The molecule has 0 radical (unpaired) electrons. The summed E-state index contributed by atoms with van der Waals surface area (Å²) in [4.78, 5) is 15.8. The lowest BCUT2D eigenvalue weighted by molar-refractivity contribution is -0.189. The third kappa shape index (κ3) is 9.44. The van der Waals surface area contributed by atoms with Gasteiger partial charge in [0.1, 0.15) is 0 Å². The zero-order chi connectivity index (χ0) is 33.9. The standard InChI is InChI=1S/C40H39F4NOS2/c1-29-14-8-9-21-35(29)37-28-45(40(43,44)39(41)42)27-36(38(37)46)32-24-33(47-22-12-10-19-30-15-4-2-5-16-30)26-34(25-32)48-23-13-11-20-31-17-6-3-7-18-31/h2-9,14-18,21,24-28,39H,10-13,19-20,22-23H2,1H3. The van der Waals surface area contributed by atoms with Crippen LogP contribution in [0.3, 0.4) is 0 Å². The van der Waals surface area contributed by atoms with Gasteiger partial charge in [0.05, 0.1) is 0 Å². The fraction of sp³-hybridized carbons (Fsp3) is 0.275. The van der Waals surface area contributed by atoms with Gasteiger partial charge in [-0.3, -0.25) is 9.36 Å². The number of aromatic nitrogens is 1. The molecular weight excluding hydrogens is 651 g/mol. The van der Waals surface area contributed by atoms with Crippen LogP contribution in [0.4, 0.5) is 17.6 Å². The first-order chi connectivity index (χ1) is 23.2. The van der Waals surface area contributed by atoms with Crippen LogP contribution in [0.5, 0.6) is 0 Å². The highest BCUT2D eigenvalue weighted by molar-refractivity contribution is 8.00. The van der Waals surface area contributed by atoms with Gasteiger partial charge in [0.2, 0.25) is 0 Å². The fourth-order valence-corrected chi connectivity index (χ4v) is 7.64. The Hall–Kier alpha value is -3.75. The summed E-state index contributed by atoms with van der Waals surface area (Å²) in [5, 5.41) is 0. The number of pyridine rings is 1. The number of nitrogens with zero attached hydrogens (tertiary/aromatic N) is 1. The van der Waals surface area contributed by atoms with Crippen molar-refractivity contribution in [3.05, 3.63) is 142 Å². The second-order valence-electron chi connectivity index (χ2n) is 11.8. The maximum atomic E-state index is 14.9. The number of rotatable bonds is 16. The number of aryl methyl sites for hydroxylation is 3. The first-order valence-electron chi connectivity index (χ1n) is 16.2. The lowest BCUT2D eigenvalue weighted by atomic mass is 9.98. The van der Waals surface area contributed by atoms with Gasteiger partial charge in [0.25, 0.3) is 0 Å². The molecule has 0 spiro atoms. The number of thioether (sulfide) groups is 2. The molecule has 2 nitrogen and oxygen atoms in total. The van der Waals surface area contributed by atoms with Crippen molar-refractivity contribution in [3.63, 3.8) is 0 Å². The van der Waals surface area contributed by atoms with Crippen molar-refractivity contribution in [2.45, 2.75) is 67.7 Å². The molecule has 0 N–H and O–H groups in total. The molecule has 0 amide bonds. The fourth-order valence-electron chi connectivity index (χ4n) is 5.56. The summed E-state index contributed by atoms with van der Waals surface area (Å²) >= 11 is 3.31. The van der Waals surface area contributed by atoms with E-state index in [1.54, 1.807) is 54.7 Å². The van der Waals surface area contributed by atoms with E-state index in [4.69, 9.17) is 0 Å². The van der Waals surface area contributed by atoms with Crippen LogP contribution >= 0.6 is 23.5 Å². The highest BCUT2D eigenvalue weighted by Crippen LogP contribution is 2.36. The smallest absolute Gasteiger partial charge is 0.289 e. The monoisotopic (exact) mass is 689 g/mol. The highest BCUT2D eigenvalue weighted by Gasteiger charge is 2.43. The largest absolute Gasteiger partial charge is 0.389 e. The molecule has 8 heteroatoms. The van der Waals surface area contributed by atoms with E-state index in [1.165, 1.54) is 11.1 Å². The molecule has 0 saturated heterocycles. The number of alkyl halides is 4. The molecule has 5 rings (SSSR count). The van der Waals surface area contributed by atoms with Crippen molar-refractivity contribution >= 4 is 23.5 Å². The molecule has 4 aromatic carbocycles. The van der Waals surface area contributed by atoms with Crippen molar-refractivity contribution in [1.29, 1.82) is 0 Å². The molecule has 0 aliphatic carbocycles. The minimum Gasteiger partial charge on any atom is -0.289 e. The van der Waals surface area contributed by atoms with E-state index in [1.807, 2.05) is 48.5 Å². The van der Waals surface area contributed by atoms with Crippen LogP contribution in [0.2, 0.25) is 0 Å². The zero-order valence-corrected chi connectivity index (χ0v) is 28.5. The van der Waals surface area contributed by atoms with E-state index >= 15 is 0 Å². The van der Waals surface area contributed by atoms with Crippen LogP contribution in [0.1, 0.15) is 42.4 Å². The molecule has 1 heterocycles. The minimum atomic E-state index is -4.50. The van der Waals surface area contributed by atoms with Crippen LogP contribution in [-0.2, 0) is 18.9 Å². The molecule has 0 aliphatic rings. The van der Waals surface area contributed by atoms with Gasteiger partial charge in [-0.1, -0.05) is 84.9 Å². The molecule has 0 unspecified atom stereocenters. The van der Waals surface area contributed by atoms with Gasteiger partial charge in [0, 0.05) is 33.3 Å². The second-order valence-corrected chi connectivity index (χ2v) is 14.1. The quantitative estimate of drug-likeness (QED) is 0.0585. The zero-order valence-electron chi connectivity index (χ0n) is 26.9. The van der Waals surface area contributed by atoms with Crippen molar-refractivity contribution in [1.82, 2.24) is 4.57 Å². The van der Waals surface area contributed by atoms with E-state index in [-0.39, 0.29) is 15.7 Å². The second kappa shape index (κ2) is 17.1. The Morgan fingerprint density at radius 1 is 0.646 bits per heavy atom. The summed E-state index contributed by atoms with van der Waals surface area (Å²) in [6, 6.07) is 28.8. The summed E-state index contributed by atoms with van der Waals surface area (Å²) < 4.78 is 57.3. The molecule has 250 valence electrons. The van der Waals surface area contributed by atoms with Crippen LogP contribution in [0, 0.1) is 6.92 Å². The molecule has 0 aliphatic heterocycles. The van der Waals surface area contributed by atoms with Gasteiger partial charge in [-0.05, 0) is 103 Å². The summed E-state index contributed by atoms with van der Waals surface area (Å²) in [6.45, 7) is 1.76. The van der Waals surface area contributed by atoms with Gasteiger partial charge in [-0.2, -0.15) is 8.78 Å². The number of benzene rings is 4. The Morgan fingerprint density at radius 2 is 1.15 bits per heavy atom. The van der Waals surface area contributed by atoms with Gasteiger partial charge in [-0.25, -0.2) is 8.78 Å². The molecule has 1 aromatic heterocycles. The topological polar surface area (TPSA) is 22.0 Å². The first kappa shape index (κ1) is 35.6. The molecular formula is C40H39F4NOS2. The number of halogens is 4. The molecule has 5 aromatic rings. The number of unbranched alkanes of at least 4 members (excludes halogenated alkanes) is 2. The Morgan fingerprint density at radius 3 is 1.67 bits per heavy atom. The first-order valence-corrected chi connectivity index (χ1v) is 18.2. The molecule has 0 bridgehead atoms. The van der Waals surface area contributed by atoms with E-state index in [9.17, 15) is 22.4 Å². The number of hydrogen-bond acceptors (Lipinski definition) is 3. The summed E-state index contributed by atoms with van der Waals surface area (Å²) in [5.41, 5.74) is 3.59. The third-order valence-electron chi connectivity index (χ3n) is 8.20. The van der Waals surface area contributed by atoms with Gasteiger partial charge in [0.15, 0.2) is 5.43 Å². The van der Waals surface area contributed by atoms with Gasteiger partial charge in [-0.15, -0.1) is 23.5 Å². The van der Waals surface area contributed by atoms with E-state index in [0.29, 0.717) is 16.7 Å². The normalized spacial score (nSPS) is 11.7. The van der Waals surface area contributed by atoms with Gasteiger partial charge >= 0.3 is 12.5 Å². The predicted molar refractivity (Wildman–Crippen MR) is 193 cm³/mol. The van der Waals surface area contributed by atoms with Crippen molar-refractivity contribution in [2.24, 2.45) is 0 Å². The highest BCUT2D eigenvalue weighted by atomic mass is 32.2. The SMILES string of the molecule is Cc1ccccc1-c1cn(C(F)(F)C(F)F)cc(-c2cc(SCCCCc3ccccc3)cc(SCCCCc3ccccc3)c2)c1=O.